The van der Waals surface area contributed by atoms with Crippen LogP contribution in [0.1, 0.15) is 34.7 Å². The van der Waals surface area contributed by atoms with Crippen LogP contribution in [0, 0.1) is 6.92 Å². The lowest BCUT2D eigenvalue weighted by atomic mass is 10.1. The first kappa shape index (κ1) is 18.8. The van der Waals surface area contributed by atoms with Gasteiger partial charge in [-0.05, 0) is 38.1 Å². The number of aromatic nitrogens is 2. The van der Waals surface area contributed by atoms with Crippen LogP contribution in [0.15, 0.2) is 47.1 Å². The Balaban J connectivity index is 1.30. The minimum Gasteiger partial charge on any atom is -0.484 e. The summed E-state index contributed by atoms with van der Waals surface area (Å²) < 4.78 is 21.6. The Labute approximate surface area is 167 Å². The van der Waals surface area contributed by atoms with Crippen molar-refractivity contribution in [3.8, 4) is 17.2 Å². The van der Waals surface area contributed by atoms with E-state index < -0.39 is 0 Å². The molecule has 3 heterocycles. The highest BCUT2D eigenvalue weighted by atomic mass is 16.7. The molecule has 1 N–H and O–H groups in total. The van der Waals surface area contributed by atoms with Crippen LogP contribution in [0.4, 0.5) is 0 Å². The van der Waals surface area contributed by atoms with Crippen molar-refractivity contribution in [3.63, 3.8) is 0 Å². The Morgan fingerprint density at radius 2 is 2.07 bits per heavy atom. The maximum Gasteiger partial charge on any atom is 0.273 e. The van der Waals surface area contributed by atoms with E-state index in [1.54, 1.807) is 18.2 Å². The number of ether oxygens (including phenoxy) is 3. The molecule has 1 aliphatic heterocycles. The van der Waals surface area contributed by atoms with Crippen LogP contribution in [0.2, 0.25) is 0 Å². The molecule has 1 amide bonds. The molecule has 0 bridgehead atoms. The van der Waals surface area contributed by atoms with Crippen LogP contribution in [-0.4, -0.2) is 28.7 Å². The van der Waals surface area contributed by atoms with Crippen LogP contribution in [0.25, 0.3) is 0 Å². The summed E-state index contributed by atoms with van der Waals surface area (Å²) in [6, 6.07) is 11.0. The van der Waals surface area contributed by atoms with Crippen molar-refractivity contribution in [2.75, 3.05) is 6.79 Å². The number of carbonyl (C=O) groups is 1. The average molecular weight is 395 g/mol. The van der Waals surface area contributed by atoms with Crippen LogP contribution >= 0.6 is 0 Å². The maximum absolute atomic E-state index is 12.4. The molecule has 1 aromatic carbocycles. The van der Waals surface area contributed by atoms with E-state index >= 15 is 0 Å². The molecule has 8 nitrogen and oxygen atoms in total. The zero-order valence-corrected chi connectivity index (χ0v) is 16.2. The minimum absolute atomic E-state index is 0.0929. The average Bonchev–Trinajstić information content (AvgIpc) is 3.35. The fourth-order valence-corrected chi connectivity index (χ4v) is 2.97. The van der Waals surface area contributed by atoms with Gasteiger partial charge in [-0.3, -0.25) is 9.78 Å². The molecule has 1 aliphatic rings. The van der Waals surface area contributed by atoms with Crippen LogP contribution in [0.3, 0.4) is 0 Å². The van der Waals surface area contributed by atoms with E-state index in [1.807, 2.05) is 32.0 Å². The van der Waals surface area contributed by atoms with Crippen LogP contribution in [-0.2, 0) is 13.0 Å². The van der Waals surface area contributed by atoms with Gasteiger partial charge in [0.05, 0.1) is 0 Å². The van der Waals surface area contributed by atoms with Gasteiger partial charge in [-0.1, -0.05) is 6.07 Å². The lowest BCUT2D eigenvalue weighted by Crippen LogP contribution is -2.34. The Bertz CT molecular complexity index is 1020. The van der Waals surface area contributed by atoms with Crippen molar-refractivity contribution in [1.29, 1.82) is 0 Å². The van der Waals surface area contributed by atoms with Crippen molar-refractivity contribution in [1.82, 2.24) is 15.3 Å². The van der Waals surface area contributed by atoms with Crippen molar-refractivity contribution >= 4 is 5.91 Å². The second-order valence-corrected chi connectivity index (χ2v) is 6.78. The fraction of sp³-hybridized carbons (Fsp3) is 0.286. The number of oxazole rings is 1. The van der Waals surface area contributed by atoms with Crippen molar-refractivity contribution < 1.29 is 23.4 Å². The smallest absolute Gasteiger partial charge is 0.273 e. The molecule has 0 saturated carbocycles. The molecule has 8 heteroatoms. The molecular weight excluding hydrogens is 374 g/mol. The van der Waals surface area contributed by atoms with Gasteiger partial charge in [-0.15, -0.1) is 0 Å². The third kappa shape index (κ3) is 4.66. The molecule has 1 atom stereocenters. The van der Waals surface area contributed by atoms with E-state index in [4.69, 9.17) is 18.6 Å². The zero-order valence-electron chi connectivity index (χ0n) is 16.2. The van der Waals surface area contributed by atoms with Crippen molar-refractivity contribution in [3.05, 3.63) is 65.6 Å². The number of benzene rings is 1. The molecule has 0 aliphatic carbocycles. The highest BCUT2D eigenvalue weighted by molar-refractivity contribution is 5.92. The highest BCUT2D eigenvalue weighted by Gasteiger charge is 2.17. The van der Waals surface area contributed by atoms with Crippen LogP contribution < -0.4 is 19.5 Å². The standard InChI is InChI=1S/C21H21N3O5/c1-13-4-3-5-15(22-13)8-14(2)23-21(25)17-10-27-20(24-17)11-26-16-6-7-18-19(9-16)29-12-28-18/h3-7,9-10,14H,8,11-12H2,1-2H3,(H,23,25). The van der Waals surface area contributed by atoms with E-state index in [1.165, 1.54) is 6.26 Å². The molecule has 2 aromatic heterocycles. The molecule has 29 heavy (non-hydrogen) atoms. The van der Waals surface area contributed by atoms with E-state index in [-0.39, 0.29) is 31.0 Å². The van der Waals surface area contributed by atoms with E-state index in [2.05, 4.69) is 15.3 Å². The summed E-state index contributed by atoms with van der Waals surface area (Å²) in [5.41, 5.74) is 2.08. The van der Waals surface area contributed by atoms with Crippen LogP contribution in [0.5, 0.6) is 17.2 Å². The van der Waals surface area contributed by atoms with Gasteiger partial charge in [0.15, 0.2) is 23.8 Å². The summed E-state index contributed by atoms with van der Waals surface area (Å²) in [5, 5.41) is 2.91. The largest absolute Gasteiger partial charge is 0.484 e. The fourth-order valence-electron chi connectivity index (χ4n) is 2.97. The second-order valence-electron chi connectivity index (χ2n) is 6.78. The molecule has 0 saturated heterocycles. The van der Waals surface area contributed by atoms with Gasteiger partial charge in [0.25, 0.3) is 5.91 Å². The first-order valence-corrected chi connectivity index (χ1v) is 9.27. The quantitative estimate of drug-likeness (QED) is 0.657. The number of hydrogen-bond acceptors (Lipinski definition) is 7. The van der Waals surface area contributed by atoms with Gasteiger partial charge in [-0.25, -0.2) is 4.98 Å². The molecule has 0 fully saturated rings. The summed E-state index contributed by atoms with van der Waals surface area (Å²) in [7, 11) is 0. The first-order chi connectivity index (χ1) is 14.1. The van der Waals surface area contributed by atoms with Crippen molar-refractivity contribution in [2.45, 2.75) is 32.9 Å². The second kappa shape index (κ2) is 8.22. The predicted octanol–water partition coefficient (Wildman–Crippen LogP) is 3.05. The molecule has 0 spiro atoms. The van der Waals surface area contributed by atoms with E-state index in [0.29, 0.717) is 29.6 Å². The Morgan fingerprint density at radius 3 is 2.93 bits per heavy atom. The van der Waals surface area contributed by atoms with Gasteiger partial charge < -0.3 is 23.9 Å². The SMILES string of the molecule is Cc1cccc(CC(C)NC(=O)c2coc(COc3ccc4c(c3)OCO4)n2)n1. The topological polar surface area (TPSA) is 95.7 Å². The third-order valence-corrected chi connectivity index (χ3v) is 4.33. The van der Waals surface area contributed by atoms with E-state index in [9.17, 15) is 4.79 Å². The summed E-state index contributed by atoms with van der Waals surface area (Å²) in [6.07, 6.45) is 1.96. The Kier molecular flexibility index (Phi) is 5.33. The van der Waals surface area contributed by atoms with Gasteiger partial charge in [0.1, 0.15) is 12.0 Å². The maximum atomic E-state index is 12.4. The summed E-state index contributed by atoms with van der Waals surface area (Å²) in [4.78, 5) is 21.1. The number of amides is 1. The molecule has 1 unspecified atom stereocenters. The molecule has 150 valence electrons. The van der Waals surface area contributed by atoms with Gasteiger partial charge in [-0.2, -0.15) is 0 Å². The first-order valence-electron chi connectivity index (χ1n) is 9.27. The molecule has 3 aromatic rings. The number of pyridine rings is 1. The lowest BCUT2D eigenvalue weighted by molar-refractivity contribution is 0.0935. The Hall–Kier alpha value is -3.55. The third-order valence-electron chi connectivity index (χ3n) is 4.33. The van der Waals surface area contributed by atoms with Gasteiger partial charge in [0, 0.05) is 29.9 Å². The number of nitrogens with zero attached hydrogens (tertiary/aromatic N) is 2. The summed E-state index contributed by atoms with van der Waals surface area (Å²) in [5.74, 6) is 1.91. The monoisotopic (exact) mass is 395 g/mol. The van der Waals surface area contributed by atoms with Gasteiger partial charge in [0.2, 0.25) is 12.7 Å². The summed E-state index contributed by atoms with van der Waals surface area (Å²) >= 11 is 0. The predicted molar refractivity (Wildman–Crippen MR) is 103 cm³/mol. The normalized spacial score (nSPS) is 13.2. The zero-order chi connectivity index (χ0) is 20.2. The molecule has 0 radical (unpaired) electrons. The Morgan fingerprint density at radius 1 is 1.21 bits per heavy atom. The number of nitrogens with one attached hydrogen (secondary N) is 1. The number of aryl methyl sites for hydroxylation is 1. The minimum atomic E-state index is -0.303. The molecular formula is C21H21N3O5. The lowest BCUT2D eigenvalue weighted by Gasteiger charge is -2.12. The number of hydrogen-bond donors (Lipinski definition) is 1. The number of carbonyl (C=O) groups excluding carboxylic acids is 1. The highest BCUT2D eigenvalue weighted by Crippen LogP contribution is 2.35. The van der Waals surface area contributed by atoms with E-state index in [0.717, 1.165) is 11.4 Å². The molecule has 4 rings (SSSR count). The summed E-state index contributed by atoms with van der Waals surface area (Å²) in [6.45, 7) is 4.16. The number of rotatable bonds is 7. The van der Waals surface area contributed by atoms with Gasteiger partial charge >= 0.3 is 0 Å². The van der Waals surface area contributed by atoms with Crippen molar-refractivity contribution in [2.24, 2.45) is 0 Å². The number of fused-ring (bicyclic) bond motifs is 1.